The number of hydrogen-bond acceptors (Lipinski definition) is 9. The number of alkyl carbamates (subject to hydrolysis) is 2. The number of carbonyl (C=O) groups is 4. The van der Waals surface area contributed by atoms with Gasteiger partial charge in [0.2, 0.25) is 5.91 Å². The number of ether oxygens (including phenoxy) is 2. The second-order valence-electron chi connectivity index (χ2n) is 12.9. The summed E-state index contributed by atoms with van der Waals surface area (Å²) >= 11 is 0. The summed E-state index contributed by atoms with van der Waals surface area (Å²) in [7, 11) is -2.40. The molecule has 0 radical (unpaired) electrons. The molecule has 51 heavy (non-hydrogen) atoms. The van der Waals surface area contributed by atoms with E-state index < -0.39 is 93.2 Å². The third kappa shape index (κ3) is 12.7. The zero-order chi connectivity index (χ0) is 47.8. The number of hydrazine groups is 1. The van der Waals surface area contributed by atoms with E-state index >= 15 is 0 Å². The summed E-state index contributed by atoms with van der Waals surface area (Å²) < 4.78 is 105. The van der Waals surface area contributed by atoms with Crippen molar-refractivity contribution in [3.05, 3.63) is 90.1 Å². The minimum absolute atomic E-state index is 0.127. The van der Waals surface area contributed by atoms with Crippen molar-refractivity contribution in [3.8, 4) is 11.3 Å². The standard InChI is InChI=1S/C38H52N6O7/c1-37(2,3)31(41-35(48)50-7)33(46)40-29(22-25-14-10-9-11-15-25)30(45)24-44(43-34(47)32(38(4,5)6)42-36(49)51-8)23-26-17-19-27(20-18-26)28-16-12-13-21-39-28/h9-21,29-32,45H,22-24H2,1-8H3,(H,40,46)(H,41,48)(H,42,49)(H,43,47)/t29-,30-,31+,32+/m0/s1/i1D3,2D3,3D3,7D3. The van der Waals surface area contributed by atoms with E-state index in [2.05, 4.69) is 25.8 Å². The van der Waals surface area contributed by atoms with Crippen LogP contribution < -0.4 is 21.4 Å². The van der Waals surface area contributed by atoms with E-state index in [-0.39, 0.29) is 13.0 Å². The maximum absolute atomic E-state index is 14.4. The topological polar surface area (TPSA) is 171 Å². The molecular weight excluding hydrogens is 652 g/mol. The van der Waals surface area contributed by atoms with Gasteiger partial charge in [-0.2, -0.15) is 0 Å². The van der Waals surface area contributed by atoms with E-state index in [4.69, 9.17) is 21.2 Å². The van der Waals surface area contributed by atoms with Crippen LogP contribution in [0.2, 0.25) is 0 Å². The summed E-state index contributed by atoms with van der Waals surface area (Å²) in [6, 6.07) is 14.5. The van der Waals surface area contributed by atoms with Crippen LogP contribution in [0.1, 0.15) is 68.9 Å². The lowest BCUT2D eigenvalue weighted by molar-refractivity contribution is -0.132. The number of amides is 4. The molecule has 5 N–H and O–H groups in total. The van der Waals surface area contributed by atoms with Crippen LogP contribution in [0.5, 0.6) is 0 Å². The Kier molecular flexibility index (Phi) is 9.28. The molecule has 0 bridgehead atoms. The van der Waals surface area contributed by atoms with Crippen LogP contribution in [0.25, 0.3) is 11.3 Å². The Morgan fingerprint density at radius 3 is 2.00 bits per heavy atom. The molecule has 276 valence electrons. The molecule has 3 aromatic rings. The van der Waals surface area contributed by atoms with Crippen LogP contribution in [0, 0.1) is 10.8 Å². The number of aromatic nitrogens is 1. The van der Waals surface area contributed by atoms with Gasteiger partial charge >= 0.3 is 12.2 Å². The van der Waals surface area contributed by atoms with Crippen LogP contribution >= 0.6 is 0 Å². The van der Waals surface area contributed by atoms with Crippen molar-refractivity contribution in [2.45, 2.75) is 78.5 Å². The Hall–Kier alpha value is -5.01. The Labute approximate surface area is 317 Å². The highest BCUT2D eigenvalue weighted by Gasteiger charge is 2.37. The fourth-order valence-corrected chi connectivity index (χ4v) is 5.05. The average molecular weight is 717 g/mol. The third-order valence-corrected chi connectivity index (χ3v) is 7.68. The predicted octanol–water partition coefficient (Wildman–Crippen LogP) is 4.21. The first-order chi connectivity index (χ1) is 28.9. The molecule has 0 unspecified atom stereocenters. The number of aliphatic hydroxyl groups excluding tert-OH is 1. The lowest BCUT2D eigenvalue weighted by Crippen LogP contribution is -2.60. The second kappa shape index (κ2) is 18.3. The molecule has 1 aromatic heterocycles. The van der Waals surface area contributed by atoms with Gasteiger partial charge in [0.1, 0.15) is 12.1 Å². The Balaban J connectivity index is 2.17. The zero-order valence-electron chi connectivity index (χ0n) is 40.7. The first-order valence-corrected chi connectivity index (χ1v) is 15.8. The van der Waals surface area contributed by atoms with E-state index in [0.29, 0.717) is 16.8 Å². The van der Waals surface area contributed by atoms with E-state index in [0.717, 1.165) is 12.7 Å². The molecule has 13 heteroatoms. The SMILES string of the molecule is [2H]C([2H])([2H])OC(=O)N[C@H](C(=O)N[C@@H](Cc1ccccc1)[C@@H](O)CN(Cc1ccc(-c2ccccn2)cc1)NC(=O)[C@@H](NC(=O)OC)C(C)(C)C)C(C([2H])([2H])[2H])(C([2H])([2H])[2H])C([2H])([2H])[2H]. The number of aliphatic hydroxyl groups is 1. The highest BCUT2D eigenvalue weighted by Crippen LogP contribution is 2.23. The largest absolute Gasteiger partial charge is 0.453 e. The lowest BCUT2D eigenvalue weighted by atomic mass is 9.85. The number of hydrogen-bond donors (Lipinski definition) is 5. The summed E-state index contributed by atoms with van der Waals surface area (Å²) in [4.78, 5) is 57.9. The van der Waals surface area contributed by atoms with Crippen molar-refractivity contribution in [2.24, 2.45) is 10.8 Å². The van der Waals surface area contributed by atoms with Crippen LogP contribution in [-0.2, 0) is 32.0 Å². The van der Waals surface area contributed by atoms with Crippen LogP contribution in [0.3, 0.4) is 0 Å². The fraction of sp³-hybridized carbons (Fsp3) is 0.447. The smallest absolute Gasteiger partial charge is 0.407 e. The predicted molar refractivity (Wildman–Crippen MR) is 194 cm³/mol. The Bertz CT molecular complexity index is 1960. The van der Waals surface area contributed by atoms with E-state index in [9.17, 15) is 24.3 Å². The molecule has 0 aliphatic heterocycles. The summed E-state index contributed by atoms with van der Waals surface area (Å²) in [5.74, 6) is -2.51. The number of nitrogens with one attached hydrogen (secondary N) is 4. The maximum atomic E-state index is 14.4. The summed E-state index contributed by atoms with van der Waals surface area (Å²) in [5, 5.41) is 19.7. The van der Waals surface area contributed by atoms with Gasteiger partial charge in [0.25, 0.3) is 5.91 Å². The number of pyridine rings is 1. The third-order valence-electron chi connectivity index (χ3n) is 7.68. The van der Waals surface area contributed by atoms with Gasteiger partial charge in [-0.15, -0.1) is 0 Å². The molecule has 0 aliphatic carbocycles. The van der Waals surface area contributed by atoms with Gasteiger partial charge in [-0.1, -0.05) is 102 Å². The molecule has 2 aromatic carbocycles. The molecule has 13 nitrogen and oxygen atoms in total. The summed E-state index contributed by atoms with van der Waals surface area (Å²) in [6.45, 7) is -7.91. The second-order valence-corrected chi connectivity index (χ2v) is 12.9. The number of nitrogens with zero attached hydrogens (tertiary/aromatic N) is 2. The minimum Gasteiger partial charge on any atom is -0.453 e. The van der Waals surface area contributed by atoms with Gasteiger partial charge in [0.05, 0.1) is 36.1 Å². The molecule has 4 atom stereocenters. The summed E-state index contributed by atoms with van der Waals surface area (Å²) in [5.41, 5.74) is 0.143. The number of carbonyl (C=O) groups excluding carboxylic acids is 4. The molecule has 4 amide bonds. The number of benzene rings is 2. The fourth-order valence-electron chi connectivity index (χ4n) is 5.05. The van der Waals surface area contributed by atoms with Crippen LogP contribution in [-0.4, -0.2) is 84.0 Å². The van der Waals surface area contributed by atoms with E-state index in [1.807, 2.05) is 6.07 Å². The highest BCUT2D eigenvalue weighted by atomic mass is 16.5. The number of methoxy groups -OCH3 is 2. The molecule has 0 spiro atoms. The molecule has 3 rings (SSSR count). The van der Waals surface area contributed by atoms with Gasteiger partial charge in [0.15, 0.2) is 0 Å². The molecule has 0 aliphatic rings. The van der Waals surface area contributed by atoms with Crippen molar-refractivity contribution in [1.82, 2.24) is 31.4 Å². The van der Waals surface area contributed by atoms with Crippen molar-refractivity contribution in [1.29, 1.82) is 0 Å². The molecule has 0 fully saturated rings. The first kappa shape index (κ1) is 25.9. The first-order valence-electron chi connectivity index (χ1n) is 21.8. The van der Waals surface area contributed by atoms with Crippen molar-refractivity contribution in [3.63, 3.8) is 0 Å². The molecule has 0 saturated carbocycles. The molecule has 0 saturated heterocycles. The van der Waals surface area contributed by atoms with E-state index in [1.54, 1.807) is 99.0 Å². The Morgan fingerprint density at radius 2 is 1.43 bits per heavy atom. The Morgan fingerprint density at radius 1 is 0.804 bits per heavy atom. The molecular formula is C38H52N6O7. The zero-order valence-corrected chi connectivity index (χ0v) is 28.7. The maximum Gasteiger partial charge on any atom is 0.407 e. The quantitative estimate of drug-likeness (QED) is 0.153. The van der Waals surface area contributed by atoms with Gasteiger partial charge in [0, 0.05) is 37.2 Å². The molecule has 1 heterocycles. The van der Waals surface area contributed by atoms with Crippen molar-refractivity contribution in [2.75, 3.05) is 20.7 Å². The summed E-state index contributed by atoms with van der Waals surface area (Å²) in [6.07, 6.45) is -3.43. The monoisotopic (exact) mass is 716 g/mol. The average Bonchev–Trinajstić information content (AvgIpc) is 3.14. The van der Waals surface area contributed by atoms with Gasteiger partial charge in [-0.25, -0.2) is 14.6 Å². The number of rotatable bonds is 14. The van der Waals surface area contributed by atoms with Crippen LogP contribution in [0.4, 0.5) is 9.59 Å². The van der Waals surface area contributed by atoms with Crippen molar-refractivity contribution < 1.29 is 50.2 Å². The highest BCUT2D eigenvalue weighted by molar-refractivity contribution is 5.87. The minimum atomic E-state index is -4.09. The lowest BCUT2D eigenvalue weighted by Gasteiger charge is -2.35. The van der Waals surface area contributed by atoms with Gasteiger partial charge < -0.3 is 30.5 Å². The van der Waals surface area contributed by atoms with Gasteiger partial charge in [-0.3, -0.25) is 20.0 Å². The van der Waals surface area contributed by atoms with Crippen LogP contribution in [0.15, 0.2) is 79.0 Å². The van der Waals surface area contributed by atoms with Crippen molar-refractivity contribution >= 4 is 24.0 Å². The van der Waals surface area contributed by atoms with E-state index in [1.165, 1.54) is 5.01 Å². The van der Waals surface area contributed by atoms with Gasteiger partial charge in [-0.05, 0) is 40.5 Å². The normalized spacial score (nSPS) is 18.5.